The molecule has 5 N–H and O–H groups in total. The van der Waals surface area contributed by atoms with Crippen molar-refractivity contribution in [2.45, 2.75) is 6.42 Å². The Morgan fingerprint density at radius 2 is 1.52 bits per heavy atom. The van der Waals surface area contributed by atoms with Gasteiger partial charge in [-0.25, -0.2) is 16.5 Å². The van der Waals surface area contributed by atoms with Crippen molar-refractivity contribution in [3.05, 3.63) is 60.2 Å². The average molecular weight is 284 g/mol. The van der Waals surface area contributed by atoms with Gasteiger partial charge in [-0.2, -0.15) is 5.01 Å². The summed E-state index contributed by atoms with van der Waals surface area (Å²) in [7, 11) is 0. The van der Waals surface area contributed by atoms with E-state index in [9.17, 15) is 9.59 Å². The van der Waals surface area contributed by atoms with Crippen LogP contribution >= 0.6 is 0 Å². The number of nitrogens with two attached hydrogens (primary N) is 2. The molecule has 2 aromatic carbocycles. The quantitative estimate of drug-likeness (QED) is 0.447. The summed E-state index contributed by atoms with van der Waals surface area (Å²) in [6.07, 6.45) is 0.0268. The van der Waals surface area contributed by atoms with E-state index >= 15 is 0 Å². The second-order valence-electron chi connectivity index (χ2n) is 4.45. The predicted octanol–water partition coefficient (Wildman–Crippen LogP) is 1.18. The number of benzene rings is 2. The van der Waals surface area contributed by atoms with Gasteiger partial charge in [-0.05, 0) is 16.7 Å². The van der Waals surface area contributed by atoms with Gasteiger partial charge in [-0.1, -0.05) is 54.6 Å². The van der Waals surface area contributed by atoms with Gasteiger partial charge in [0.25, 0.3) is 0 Å². The van der Waals surface area contributed by atoms with E-state index in [4.69, 9.17) is 11.7 Å². The maximum atomic E-state index is 11.8. The highest BCUT2D eigenvalue weighted by atomic mass is 16.2. The fourth-order valence-corrected chi connectivity index (χ4v) is 1.89. The van der Waals surface area contributed by atoms with Crippen LogP contribution in [0.4, 0.5) is 4.79 Å². The third-order valence-corrected chi connectivity index (χ3v) is 3.03. The molecule has 0 aromatic heterocycles. The average Bonchev–Trinajstić information content (AvgIpc) is 2.54. The first kappa shape index (κ1) is 14.7. The monoisotopic (exact) mass is 284 g/mol. The number of hydrazine groups is 2. The maximum absolute atomic E-state index is 11.8. The first-order chi connectivity index (χ1) is 10.1. The van der Waals surface area contributed by atoms with Crippen molar-refractivity contribution >= 4 is 11.9 Å². The molecular weight excluding hydrogens is 268 g/mol. The standard InChI is InChI=1S/C15H16N4O2/c16-18-15(21)19(17)14(20)10-11-6-8-13(9-7-11)12-4-2-1-3-5-12/h1-9H,10,16-17H2,(H,18,21). The molecule has 0 aliphatic rings. The Morgan fingerprint density at radius 1 is 0.952 bits per heavy atom. The number of nitrogens with one attached hydrogen (secondary N) is 1. The molecule has 0 aliphatic heterocycles. The summed E-state index contributed by atoms with van der Waals surface area (Å²) in [4.78, 5) is 22.9. The van der Waals surface area contributed by atoms with Crippen LogP contribution in [0.2, 0.25) is 0 Å². The van der Waals surface area contributed by atoms with E-state index in [1.807, 2.05) is 54.6 Å². The molecule has 6 heteroatoms. The lowest BCUT2D eigenvalue weighted by molar-refractivity contribution is -0.127. The van der Waals surface area contributed by atoms with Crippen molar-refractivity contribution in [1.82, 2.24) is 10.4 Å². The smallest absolute Gasteiger partial charge is 0.274 e. The lowest BCUT2D eigenvalue weighted by Crippen LogP contribution is -2.51. The topological polar surface area (TPSA) is 101 Å². The van der Waals surface area contributed by atoms with E-state index in [1.165, 1.54) is 0 Å². The second-order valence-corrected chi connectivity index (χ2v) is 4.45. The van der Waals surface area contributed by atoms with Gasteiger partial charge in [0.15, 0.2) is 0 Å². The minimum absolute atomic E-state index is 0.0268. The van der Waals surface area contributed by atoms with Crippen LogP contribution in [0.5, 0.6) is 0 Å². The van der Waals surface area contributed by atoms with Gasteiger partial charge in [0, 0.05) is 0 Å². The molecule has 2 rings (SSSR count). The Bertz CT molecular complexity index is 626. The number of hydrogen-bond donors (Lipinski definition) is 3. The molecule has 0 radical (unpaired) electrons. The molecule has 0 aliphatic carbocycles. The van der Waals surface area contributed by atoms with Crippen molar-refractivity contribution in [3.63, 3.8) is 0 Å². The Morgan fingerprint density at radius 3 is 2.10 bits per heavy atom. The zero-order chi connectivity index (χ0) is 15.2. The van der Waals surface area contributed by atoms with E-state index in [1.54, 1.807) is 5.43 Å². The van der Waals surface area contributed by atoms with Gasteiger partial charge in [-0.3, -0.25) is 10.2 Å². The molecule has 0 saturated heterocycles. The van der Waals surface area contributed by atoms with E-state index in [0.717, 1.165) is 16.7 Å². The molecule has 0 atom stereocenters. The molecular formula is C15H16N4O2. The van der Waals surface area contributed by atoms with E-state index in [-0.39, 0.29) is 6.42 Å². The SMILES string of the molecule is NNC(=O)N(N)C(=O)Cc1ccc(-c2ccccc2)cc1. The van der Waals surface area contributed by atoms with Gasteiger partial charge >= 0.3 is 6.03 Å². The number of urea groups is 1. The fourth-order valence-electron chi connectivity index (χ4n) is 1.89. The summed E-state index contributed by atoms with van der Waals surface area (Å²) in [5.41, 5.74) is 4.71. The number of rotatable bonds is 3. The van der Waals surface area contributed by atoms with E-state index in [2.05, 4.69) is 0 Å². The third-order valence-electron chi connectivity index (χ3n) is 3.03. The maximum Gasteiger partial charge on any atom is 0.352 e. The van der Waals surface area contributed by atoms with E-state index in [0.29, 0.717) is 5.01 Å². The minimum atomic E-state index is -0.846. The Balaban J connectivity index is 2.06. The van der Waals surface area contributed by atoms with Crippen LogP contribution in [0, 0.1) is 0 Å². The molecule has 3 amide bonds. The summed E-state index contributed by atoms with van der Waals surface area (Å²) < 4.78 is 0. The largest absolute Gasteiger partial charge is 0.352 e. The number of hydrogen-bond acceptors (Lipinski definition) is 4. The highest BCUT2D eigenvalue weighted by molar-refractivity contribution is 5.94. The zero-order valence-corrected chi connectivity index (χ0v) is 11.3. The summed E-state index contributed by atoms with van der Waals surface area (Å²) in [6, 6.07) is 16.5. The van der Waals surface area contributed by atoms with Crippen molar-refractivity contribution in [1.29, 1.82) is 0 Å². The summed E-state index contributed by atoms with van der Waals surface area (Å²) >= 11 is 0. The normalized spacial score (nSPS) is 10.0. The molecule has 6 nitrogen and oxygen atoms in total. The molecule has 0 unspecified atom stereocenters. The lowest BCUT2D eigenvalue weighted by atomic mass is 10.0. The highest BCUT2D eigenvalue weighted by Gasteiger charge is 2.16. The van der Waals surface area contributed by atoms with Crippen LogP contribution in [0.25, 0.3) is 11.1 Å². The summed E-state index contributed by atoms with van der Waals surface area (Å²) in [5.74, 6) is 9.71. The fraction of sp³-hybridized carbons (Fsp3) is 0.0667. The molecule has 108 valence electrons. The van der Waals surface area contributed by atoms with Crippen LogP contribution in [-0.4, -0.2) is 16.9 Å². The van der Waals surface area contributed by atoms with Crippen LogP contribution < -0.4 is 17.1 Å². The second kappa shape index (κ2) is 6.65. The van der Waals surface area contributed by atoms with Crippen LogP contribution in [0.15, 0.2) is 54.6 Å². The van der Waals surface area contributed by atoms with Crippen molar-refractivity contribution < 1.29 is 9.59 Å². The summed E-state index contributed by atoms with van der Waals surface area (Å²) in [5, 5.41) is 0.463. The molecule has 21 heavy (non-hydrogen) atoms. The van der Waals surface area contributed by atoms with Crippen molar-refractivity contribution in [3.8, 4) is 11.1 Å². The number of imide groups is 1. The number of carbonyl (C=O) groups excluding carboxylic acids is 2. The molecule has 0 spiro atoms. The zero-order valence-electron chi connectivity index (χ0n) is 11.3. The minimum Gasteiger partial charge on any atom is -0.274 e. The Labute approximate surface area is 122 Å². The van der Waals surface area contributed by atoms with Crippen molar-refractivity contribution in [2.24, 2.45) is 11.7 Å². The number of amides is 3. The predicted molar refractivity (Wildman–Crippen MR) is 79.3 cm³/mol. The van der Waals surface area contributed by atoms with Gasteiger partial charge in [0.1, 0.15) is 0 Å². The van der Waals surface area contributed by atoms with Crippen molar-refractivity contribution in [2.75, 3.05) is 0 Å². The van der Waals surface area contributed by atoms with E-state index < -0.39 is 11.9 Å². The molecule has 0 bridgehead atoms. The Hall–Kier alpha value is -2.70. The lowest BCUT2D eigenvalue weighted by Gasteiger charge is -2.13. The van der Waals surface area contributed by atoms with Crippen LogP contribution in [-0.2, 0) is 11.2 Å². The first-order valence-electron chi connectivity index (χ1n) is 6.34. The molecule has 0 heterocycles. The van der Waals surface area contributed by atoms with Gasteiger partial charge < -0.3 is 0 Å². The third kappa shape index (κ3) is 3.65. The van der Waals surface area contributed by atoms with Gasteiger partial charge in [-0.15, -0.1) is 0 Å². The first-order valence-corrected chi connectivity index (χ1v) is 6.34. The number of carbonyl (C=O) groups is 2. The van der Waals surface area contributed by atoms with Crippen LogP contribution in [0.1, 0.15) is 5.56 Å². The molecule has 0 fully saturated rings. The Kier molecular flexibility index (Phi) is 4.65. The molecule has 2 aromatic rings. The summed E-state index contributed by atoms with van der Waals surface area (Å²) in [6.45, 7) is 0. The highest BCUT2D eigenvalue weighted by Crippen LogP contribution is 2.19. The molecule has 0 saturated carbocycles. The number of nitrogens with zero attached hydrogens (tertiary/aromatic N) is 1. The van der Waals surface area contributed by atoms with Gasteiger partial charge in [0.2, 0.25) is 5.91 Å². The van der Waals surface area contributed by atoms with Gasteiger partial charge in [0.05, 0.1) is 6.42 Å². The van der Waals surface area contributed by atoms with Crippen LogP contribution in [0.3, 0.4) is 0 Å².